The molecule has 4 aromatic rings. The predicted molar refractivity (Wildman–Crippen MR) is 192 cm³/mol. The summed E-state index contributed by atoms with van der Waals surface area (Å²) < 4.78 is 10.8. The molecule has 4 rings (SSSR count). The molecule has 2 unspecified atom stereocenters. The Labute approximate surface area is 294 Å². The van der Waals surface area contributed by atoms with E-state index in [0.717, 1.165) is 22.3 Å². The normalized spacial score (nSPS) is 12.2. The Morgan fingerprint density at radius 3 is 1.66 bits per heavy atom. The second kappa shape index (κ2) is 18.2. The molecular formula is C40H46N4O6. The van der Waals surface area contributed by atoms with Gasteiger partial charge in [-0.1, -0.05) is 84.9 Å². The molecule has 0 radical (unpaired) electrons. The number of amides is 4. The summed E-state index contributed by atoms with van der Waals surface area (Å²) in [5.41, 5.74) is 3.23. The Hall–Kier alpha value is -5.64. The smallest absolute Gasteiger partial charge is 0.407 e. The minimum absolute atomic E-state index is 0.200. The Bertz CT molecular complexity index is 1690. The van der Waals surface area contributed by atoms with E-state index in [2.05, 4.69) is 21.3 Å². The van der Waals surface area contributed by atoms with Gasteiger partial charge in [-0.3, -0.25) is 14.4 Å². The van der Waals surface area contributed by atoms with Gasteiger partial charge in [-0.15, -0.1) is 0 Å². The number of benzene rings is 4. The Morgan fingerprint density at radius 1 is 0.600 bits per heavy atom. The number of rotatable bonds is 15. The van der Waals surface area contributed by atoms with Crippen LogP contribution >= 0.6 is 0 Å². The van der Waals surface area contributed by atoms with Crippen molar-refractivity contribution in [1.29, 1.82) is 0 Å². The molecular weight excluding hydrogens is 632 g/mol. The summed E-state index contributed by atoms with van der Waals surface area (Å²) in [5, 5.41) is 11.5. The lowest BCUT2D eigenvalue weighted by Gasteiger charge is -2.24. The number of nitrogens with one attached hydrogen (secondary N) is 4. The fraction of sp³-hybridized carbons (Fsp3) is 0.300. The third-order valence-corrected chi connectivity index (χ3v) is 7.57. The minimum Gasteiger partial charge on any atom is -0.494 e. The van der Waals surface area contributed by atoms with Gasteiger partial charge in [-0.2, -0.15) is 0 Å². The van der Waals surface area contributed by atoms with Crippen LogP contribution in [-0.4, -0.2) is 48.1 Å². The molecule has 0 spiro atoms. The van der Waals surface area contributed by atoms with Crippen LogP contribution in [-0.2, 0) is 40.3 Å². The number of hydrogen-bond acceptors (Lipinski definition) is 6. The van der Waals surface area contributed by atoms with Crippen molar-refractivity contribution < 1.29 is 28.7 Å². The van der Waals surface area contributed by atoms with Crippen molar-refractivity contribution in [2.75, 3.05) is 6.61 Å². The van der Waals surface area contributed by atoms with E-state index in [1.807, 2.05) is 91.9 Å². The summed E-state index contributed by atoms with van der Waals surface area (Å²) in [7, 11) is 0. The highest BCUT2D eigenvalue weighted by atomic mass is 16.6. The van der Waals surface area contributed by atoms with E-state index < -0.39 is 35.6 Å². The van der Waals surface area contributed by atoms with Crippen molar-refractivity contribution >= 4 is 23.8 Å². The predicted octanol–water partition coefficient (Wildman–Crippen LogP) is 5.50. The van der Waals surface area contributed by atoms with Crippen LogP contribution in [0.4, 0.5) is 4.79 Å². The standard InChI is InChI=1S/C40H46N4O6/c1-5-49-33-22-20-29(21-23-33)25-35(43-36(45)32-14-10-7-11-15-32)38(47)44-34(24-28-12-8-6-9-13-28)37(46)41-26-30-16-18-31(19-17-30)27-42-39(48)50-40(2,3)4/h6-23,34-35H,5,24-27H2,1-4H3,(H,41,46)(H,42,48)(H,43,45)(H,44,47). The minimum atomic E-state index is -0.964. The van der Waals surface area contributed by atoms with Gasteiger partial charge in [0.05, 0.1) is 6.61 Å². The third-order valence-electron chi connectivity index (χ3n) is 7.57. The van der Waals surface area contributed by atoms with Gasteiger partial charge in [0.2, 0.25) is 11.8 Å². The van der Waals surface area contributed by atoms with Gasteiger partial charge in [0.25, 0.3) is 5.91 Å². The summed E-state index contributed by atoms with van der Waals surface area (Å²) in [6.45, 7) is 8.36. The van der Waals surface area contributed by atoms with Crippen LogP contribution in [0.3, 0.4) is 0 Å². The first-order valence-electron chi connectivity index (χ1n) is 16.7. The van der Waals surface area contributed by atoms with Crippen LogP contribution in [0.15, 0.2) is 109 Å². The van der Waals surface area contributed by atoms with E-state index in [9.17, 15) is 19.2 Å². The molecule has 0 aliphatic rings. The second-order valence-corrected chi connectivity index (χ2v) is 12.8. The van der Waals surface area contributed by atoms with Crippen molar-refractivity contribution in [3.05, 3.63) is 137 Å². The first kappa shape index (κ1) is 37.2. The van der Waals surface area contributed by atoms with Crippen LogP contribution in [0.1, 0.15) is 60.3 Å². The van der Waals surface area contributed by atoms with Crippen molar-refractivity contribution in [3.8, 4) is 5.75 Å². The number of hydrogen-bond donors (Lipinski definition) is 4. The van der Waals surface area contributed by atoms with Crippen molar-refractivity contribution in [2.45, 2.75) is 71.3 Å². The van der Waals surface area contributed by atoms with Gasteiger partial charge in [-0.25, -0.2) is 4.79 Å². The first-order valence-corrected chi connectivity index (χ1v) is 16.7. The molecule has 0 bridgehead atoms. The maximum Gasteiger partial charge on any atom is 0.407 e. The fourth-order valence-corrected chi connectivity index (χ4v) is 5.07. The van der Waals surface area contributed by atoms with Crippen molar-refractivity contribution in [2.24, 2.45) is 0 Å². The first-order chi connectivity index (χ1) is 24.0. The van der Waals surface area contributed by atoms with Crippen LogP contribution in [0.5, 0.6) is 5.75 Å². The van der Waals surface area contributed by atoms with Gasteiger partial charge in [0.1, 0.15) is 23.4 Å². The highest BCUT2D eigenvalue weighted by Crippen LogP contribution is 2.15. The Balaban J connectivity index is 1.45. The summed E-state index contributed by atoms with van der Waals surface area (Å²) >= 11 is 0. The molecule has 0 saturated heterocycles. The monoisotopic (exact) mass is 678 g/mol. The summed E-state index contributed by atoms with van der Waals surface area (Å²) in [5.74, 6) is -0.545. The van der Waals surface area contributed by atoms with Gasteiger partial charge in [-0.05, 0) is 74.2 Å². The molecule has 0 fully saturated rings. The highest BCUT2D eigenvalue weighted by Gasteiger charge is 2.28. The molecule has 262 valence electrons. The zero-order valence-corrected chi connectivity index (χ0v) is 29.0. The molecule has 10 heteroatoms. The maximum atomic E-state index is 13.9. The largest absolute Gasteiger partial charge is 0.494 e. The van der Waals surface area contributed by atoms with E-state index in [0.29, 0.717) is 24.5 Å². The lowest BCUT2D eigenvalue weighted by atomic mass is 10.0. The molecule has 4 aromatic carbocycles. The van der Waals surface area contributed by atoms with E-state index >= 15 is 0 Å². The van der Waals surface area contributed by atoms with E-state index in [4.69, 9.17) is 9.47 Å². The number of ether oxygens (including phenoxy) is 2. The maximum absolute atomic E-state index is 13.9. The van der Waals surface area contributed by atoms with Crippen LogP contribution in [0.25, 0.3) is 0 Å². The van der Waals surface area contributed by atoms with Gasteiger partial charge in [0, 0.05) is 31.5 Å². The number of carbonyl (C=O) groups excluding carboxylic acids is 4. The third kappa shape index (κ3) is 12.4. The number of alkyl carbamates (subject to hydrolysis) is 1. The molecule has 0 aliphatic carbocycles. The van der Waals surface area contributed by atoms with E-state index in [1.165, 1.54) is 0 Å². The zero-order valence-electron chi connectivity index (χ0n) is 29.0. The average Bonchev–Trinajstić information content (AvgIpc) is 3.10. The van der Waals surface area contributed by atoms with Crippen molar-refractivity contribution in [1.82, 2.24) is 21.3 Å². The molecule has 4 amide bonds. The van der Waals surface area contributed by atoms with E-state index in [-0.39, 0.29) is 25.3 Å². The van der Waals surface area contributed by atoms with Gasteiger partial charge >= 0.3 is 6.09 Å². The highest BCUT2D eigenvalue weighted by molar-refractivity contribution is 5.98. The molecule has 0 aromatic heterocycles. The molecule has 4 N–H and O–H groups in total. The van der Waals surface area contributed by atoms with Crippen molar-refractivity contribution in [3.63, 3.8) is 0 Å². The topological polar surface area (TPSA) is 135 Å². The Morgan fingerprint density at radius 2 is 1.10 bits per heavy atom. The van der Waals surface area contributed by atoms with Crippen LogP contribution in [0, 0.1) is 0 Å². The summed E-state index contributed by atoms with van der Waals surface area (Å²) in [4.78, 5) is 52.8. The SMILES string of the molecule is CCOc1ccc(CC(NC(=O)c2ccccc2)C(=O)NC(Cc2ccccc2)C(=O)NCc2ccc(CNC(=O)OC(C)(C)C)cc2)cc1. The fourth-order valence-electron chi connectivity index (χ4n) is 5.07. The van der Waals surface area contributed by atoms with E-state index in [1.54, 1.807) is 45.0 Å². The zero-order chi connectivity index (χ0) is 35.9. The second-order valence-electron chi connectivity index (χ2n) is 12.8. The van der Waals surface area contributed by atoms with Gasteiger partial charge in [0.15, 0.2) is 0 Å². The molecule has 0 aliphatic heterocycles. The molecule has 2 atom stereocenters. The Kier molecular flexibility index (Phi) is 13.5. The summed E-state index contributed by atoms with van der Waals surface area (Å²) in [6, 6.07) is 31.0. The lowest BCUT2D eigenvalue weighted by molar-refractivity contribution is -0.130. The summed E-state index contributed by atoms with van der Waals surface area (Å²) in [6.07, 6.45) is -0.0523. The quantitative estimate of drug-likeness (QED) is 0.131. The van der Waals surface area contributed by atoms with Gasteiger partial charge < -0.3 is 30.7 Å². The lowest BCUT2D eigenvalue weighted by Crippen LogP contribution is -2.55. The van der Waals surface area contributed by atoms with Crippen LogP contribution < -0.4 is 26.0 Å². The molecule has 0 saturated carbocycles. The number of carbonyl (C=O) groups is 4. The molecule has 50 heavy (non-hydrogen) atoms. The average molecular weight is 679 g/mol. The molecule has 0 heterocycles. The molecule has 10 nitrogen and oxygen atoms in total. The van der Waals surface area contributed by atoms with Crippen LogP contribution in [0.2, 0.25) is 0 Å².